The minimum atomic E-state index is -4.46. The van der Waals surface area contributed by atoms with Crippen LogP contribution in [0.15, 0.2) is 24.3 Å². The fourth-order valence-corrected chi connectivity index (χ4v) is 3.17. The Bertz CT molecular complexity index is 653. The van der Waals surface area contributed by atoms with Crippen LogP contribution in [0.25, 0.3) is 0 Å². The molecule has 1 amide bonds. The van der Waals surface area contributed by atoms with Crippen LogP contribution in [0, 0.1) is 11.3 Å². The van der Waals surface area contributed by atoms with Gasteiger partial charge in [-0.15, -0.1) is 0 Å². The summed E-state index contributed by atoms with van der Waals surface area (Å²) in [5.41, 5.74) is -1.62. The number of nitrogens with one attached hydrogen (secondary N) is 1. The first kappa shape index (κ1) is 19.3. The summed E-state index contributed by atoms with van der Waals surface area (Å²) in [6.07, 6.45) is -3.38. The predicted octanol–water partition coefficient (Wildman–Crippen LogP) is 3.82. The zero-order valence-corrected chi connectivity index (χ0v) is 14.2. The maximum absolute atomic E-state index is 13.1. The van der Waals surface area contributed by atoms with Crippen molar-refractivity contribution >= 4 is 11.9 Å². The molecule has 2 atom stereocenters. The first-order valence-electron chi connectivity index (χ1n) is 8.33. The van der Waals surface area contributed by atoms with Crippen molar-refractivity contribution in [3.05, 3.63) is 35.4 Å². The van der Waals surface area contributed by atoms with Crippen LogP contribution in [0.4, 0.5) is 13.2 Å². The van der Waals surface area contributed by atoms with Crippen molar-refractivity contribution in [1.82, 2.24) is 5.32 Å². The second kappa shape index (κ2) is 7.06. The van der Waals surface area contributed by atoms with E-state index in [0.717, 1.165) is 6.07 Å². The van der Waals surface area contributed by atoms with E-state index in [-0.39, 0.29) is 18.0 Å². The minimum absolute atomic E-state index is 0.0156. The first-order valence-corrected chi connectivity index (χ1v) is 8.33. The van der Waals surface area contributed by atoms with Crippen molar-refractivity contribution in [3.8, 4) is 0 Å². The van der Waals surface area contributed by atoms with Crippen LogP contribution < -0.4 is 5.32 Å². The summed E-state index contributed by atoms with van der Waals surface area (Å²) < 4.78 is 39.3. The zero-order chi connectivity index (χ0) is 18.8. The van der Waals surface area contributed by atoms with Gasteiger partial charge in [-0.1, -0.05) is 32.0 Å². The lowest BCUT2D eigenvalue weighted by Gasteiger charge is -2.26. The molecule has 2 rings (SSSR count). The molecule has 1 aliphatic carbocycles. The Balaban J connectivity index is 2.05. The average Bonchev–Trinajstić information content (AvgIpc) is 3.35. The summed E-state index contributed by atoms with van der Waals surface area (Å²) >= 11 is 0. The van der Waals surface area contributed by atoms with E-state index < -0.39 is 35.0 Å². The van der Waals surface area contributed by atoms with Crippen LogP contribution in [0.3, 0.4) is 0 Å². The van der Waals surface area contributed by atoms with E-state index in [2.05, 4.69) is 5.32 Å². The molecule has 1 aromatic rings. The number of alkyl halides is 3. The van der Waals surface area contributed by atoms with Gasteiger partial charge in [0.15, 0.2) is 0 Å². The SMILES string of the molecule is CCC(CC)(CNC(=O)C1CC1c1ccccc1C(F)(F)F)C(=O)O. The second-order valence-electron chi connectivity index (χ2n) is 6.54. The molecule has 2 N–H and O–H groups in total. The van der Waals surface area contributed by atoms with Gasteiger partial charge in [0.2, 0.25) is 5.91 Å². The van der Waals surface area contributed by atoms with Crippen LogP contribution in [0.1, 0.15) is 50.2 Å². The topological polar surface area (TPSA) is 66.4 Å². The lowest BCUT2D eigenvalue weighted by Crippen LogP contribution is -2.43. The number of carbonyl (C=O) groups excluding carboxylic acids is 1. The Morgan fingerprint density at radius 3 is 2.32 bits per heavy atom. The van der Waals surface area contributed by atoms with Gasteiger partial charge >= 0.3 is 12.1 Å². The molecule has 1 aromatic carbocycles. The quantitative estimate of drug-likeness (QED) is 0.780. The molecule has 2 unspecified atom stereocenters. The highest BCUT2D eigenvalue weighted by atomic mass is 19.4. The van der Waals surface area contributed by atoms with E-state index in [9.17, 15) is 27.9 Å². The van der Waals surface area contributed by atoms with Crippen LogP contribution >= 0.6 is 0 Å². The van der Waals surface area contributed by atoms with Crippen molar-refractivity contribution in [1.29, 1.82) is 0 Å². The summed E-state index contributed by atoms with van der Waals surface area (Å²) in [4.78, 5) is 23.7. The maximum Gasteiger partial charge on any atom is 0.416 e. The molecular weight excluding hydrogens is 335 g/mol. The van der Waals surface area contributed by atoms with Crippen LogP contribution in [-0.2, 0) is 15.8 Å². The third kappa shape index (κ3) is 3.96. The number of carboxylic acid groups (broad SMARTS) is 1. The summed E-state index contributed by atoms with van der Waals surface area (Å²) in [6, 6.07) is 5.28. The predicted molar refractivity (Wildman–Crippen MR) is 86.0 cm³/mol. The molecule has 25 heavy (non-hydrogen) atoms. The molecule has 0 aromatic heterocycles. The van der Waals surface area contributed by atoms with Crippen molar-refractivity contribution in [3.63, 3.8) is 0 Å². The van der Waals surface area contributed by atoms with E-state index in [1.807, 2.05) is 0 Å². The Hall–Kier alpha value is -2.05. The maximum atomic E-state index is 13.1. The van der Waals surface area contributed by atoms with E-state index in [1.54, 1.807) is 13.8 Å². The van der Waals surface area contributed by atoms with E-state index >= 15 is 0 Å². The van der Waals surface area contributed by atoms with Crippen molar-refractivity contribution in [2.24, 2.45) is 11.3 Å². The highest BCUT2D eigenvalue weighted by Gasteiger charge is 2.48. The van der Waals surface area contributed by atoms with Gasteiger partial charge in [-0.3, -0.25) is 9.59 Å². The number of amides is 1. The summed E-state index contributed by atoms with van der Waals surface area (Å²) in [5.74, 6) is -2.37. The molecule has 0 saturated heterocycles. The van der Waals surface area contributed by atoms with Crippen LogP contribution in [0.2, 0.25) is 0 Å². The van der Waals surface area contributed by atoms with E-state index in [4.69, 9.17) is 0 Å². The molecule has 0 aliphatic heterocycles. The van der Waals surface area contributed by atoms with Gasteiger partial charge in [0.25, 0.3) is 0 Å². The van der Waals surface area contributed by atoms with Gasteiger partial charge in [-0.05, 0) is 36.8 Å². The normalized spacial score (nSPS) is 20.2. The van der Waals surface area contributed by atoms with Gasteiger partial charge in [0.05, 0.1) is 11.0 Å². The van der Waals surface area contributed by atoms with Crippen LogP contribution in [0.5, 0.6) is 0 Å². The Kier molecular flexibility index (Phi) is 5.44. The van der Waals surface area contributed by atoms with Crippen molar-refractivity contribution in [2.75, 3.05) is 6.54 Å². The highest BCUT2D eigenvalue weighted by Crippen LogP contribution is 2.51. The molecule has 0 spiro atoms. The third-order valence-corrected chi connectivity index (χ3v) is 5.20. The fourth-order valence-electron chi connectivity index (χ4n) is 3.17. The molecule has 7 heteroatoms. The number of carboxylic acids is 1. The van der Waals surface area contributed by atoms with Gasteiger partial charge in [-0.25, -0.2) is 0 Å². The van der Waals surface area contributed by atoms with Gasteiger partial charge in [-0.2, -0.15) is 13.2 Å². The van der Waals surface area contributed by atoms with Gasteiger partial charge < -0.3 is 10.4 Å². The molecule has 0 radical (unpaired) electrons. The Morgan fingerprint density at radius 1 is 1.20 bits per heavy atom. The number of hydrogen-bond acceptors (Lipinski definition) is 2. The standard InChI is InChI=1S/C18H22F3NO3/c1-3-17(4-2,16(24)25)10-22-15(23)13-9-12(13)11-7-5-6-8-14(11)18(19,20)21/h5-8,12-13H,3-4,9-10H2,1-2H3,(H,22,23)(H,24,25). The molecule has 4 nitrogen and oxygen atoms in total. The molecule has 1 saturated carbocycles. The van der Waals surface area contributed by atoms with Gasteiger partial charge in [0.1, 0.15) is 0 Å². The molecule has 1 aliphatic rings. The summed E-state index contributed by atoms with van der Waals surface area (Å²) in [7, 11) is 0. The van der Waals surface area contributed by atoms with Crippen molar-refractivity contribution in [2.45, 2.75) is 45.2 Å². The smallest absolute Gasteiger partial charge is 0.416 e. The van der Waals surface area contributed by atoms with E-state index in [0.29, 0.717) is 19.3 Å². The number of benzene rings is 1. The molecule has 1 fully saturated rings. The third-order valence-electron chi connectivity index (χ3n) is 5.20. The number of carbonyl (C=O) groups is 2. The lowest BCUT2D eigenvalue weighted by molar-refractivity contribution is -0.149. The molecule has 138 valence electrons. The number of hydrogen-bond donors (Lipinski definition) is 2. The average molecular weight is 357 g/mol. The summed E-state index contributed by atoms with van der Waals surface area (Å²) in [5, 5.41) is 12.0. The first-order chi connectivity index (χ1) is 11.7. The van der Waals surface area contributed by atoms with E-state index in [1.165, 1.54) is 18.2 Å². The fraction of sp³-hybridized carbons (Fsp3) is 0.556. The number of aliphatic carboxylic acids is 1. The molecule has 0 heterocycles. The Morgan fingerprint density at radius 2 is 1.80 bits per heavy atom. The van der Waals surface area contributed by atoms with Crippen molar-refractivity contribution < 1.29 is 27.9 Å². The number of rotatable bonds is 7. The largest absolute Gasteiger partial charge is 0.481 e. The molecular formula is C18H22F3NO3. The second-order valence-corrected chi connectivity index (χ2v) is 6.54. The molecule has 0 bridgehead atoms. The Labute approximate surface area is 144 Å². The highest BCUT2D eigenvalue weighted by molar-refractivity contribution is 5.84. The van der Waals surface area contributed by atoms with Gasteiger partial charge in [0, 0.05) is 12.5 Å². The minimum Gasteiger partial charge on any atom is -0.481 e. The van der Waals surface area contributed by atoms with Crippen LogP contribution in [-0.4, -0.2) is 23.5 Å². The summed E-state index contributed by atoms with van der Waals surface area (Å²) in [6.45, 7) is 3.46. The zero-order valence-electron chi connectivity index (χ0n) is 14.2. The monoisotopic (exact) mass is 357 g/mol. The lowest BCUT2D eigenvalue weighted by atomic mass is 9.82. The number of halogens is 3.